The minimum absolute atomic E-state index is 0.0165. The first-order valence-corrected chi connectivity index (χ1v) is 10.2. The van der Waals surface area contributed by atoms with Gasteiger partial charge in [-0.2, -0.15) is 0 Å². The van der Waals surface area contributed by atoms with Gasteiger partial charge in [0.2, 0.25) is 0 Å². The molecule has 2 heterocycles. The quantitative estimate of drug-likeness (QED) is 0.654. The van der Waals surface area contributed by atoms with Crippen LogP contribution in [0.1, 0.15) is 11.1 Å². The molecule has 1 amide bonds. The monoisotopic (exact) mass is 402 g/mol. The molecule has 2 aromatic carbocycles. The minimum atomic E-state index is 0.0165. The van der Waals surface area contributed by atoms with Gasteiger partial charge < -0.3 is 14.5 Å². The Balaban J connectivity index is 1.31. The number of rotatable bonds is 5. The van der Waals surface area contributed by atoms with Crippen molar-refractivity contribution in [2.45, 2.75) is 13.8 Å². The summed E-state index contributed by atoms with van der Waals surface area (Å²) >= 11 is 0. The third kappa shape index (κ3) is 4.43. The van der Waals surface area contributed by atoms with Crippen LogP contribution in [0.15, 0.2) is 60.7 Å². The van der Waals surface area contributed by atoms with Crippen molar-refractivity contribution >= 4 is 11.7 Å². The number of nitrogens with zero attached hydrogens (tertiary/aromatic N) is 4. The van der Waals surface area contributed by atoms with Gasteiger partial charge in [-0.15, -0.1) is 10.2 Å². The first-order valence-electron chi connectivity index (χ1n) is 10.2. The molecule has 3 aromatic rings. The molecule has 0 N–H and O–H groups in total. The minimum Gasteiger partial charge on any atom is -0.483 e. The molecule has 0 unspecified atom stereocenters. The molecule has 1 saturated heterocycles. The van der Waals surface area contributed by atoms with E-state index >= 15 is 0 Å². The average molecular weight is 402 g/mol. The number of amides is 1. The van der Waals surface area contributed by atoms with Gasteiger partial charge >= 0.3 is 0 Å². The van der Waals surface area contributed by atoms with Gasteiger partial charge in [-0.1, -0.05) is 48.5 Å². The fourth-order valence-electron chi connectivity index (χ4n) is 3.69. The highest BCUT2D eigenvalue weighted by Gasteiger charge is 2.22. The molecule has 0 bridgehead atoms. The molecule has 4 rings (SSSR count). The lowest BCUT2D eigenvalue weighted by atomic mass is 10.1. The molecule has 0 aliphatic carbocycles. The van der Waals surface area contributed by atoms with Crippen molar-refractivity contribution in [2.24, 2.45) is 0 Å². The summed E-state index contributed by atoms with van der Waals surface area (Å²) < 4.78 is 5.82. The third-order valence-electron chi connectivity index (χ3n) is 5.43. The first-order chi connectivity index (χ1) is 14.6. The fourth-order valence-corrected chi connectivity index (χ4v) is 3.69. The maximum Gasteiger partial charge on any atom is 0.260 e. The Bertz CT molecular complexity index is 977. The van der Waals surface area contributed by atoms with Crippen LogP contribution >= 0.6 is 0 Å². The van der Waals surface area contributed by atoms with E-state index in [2.05, 4.69) is 15.1 Å². The number of benzene rings is 2. The molecule has 0 saturated carbocycles. The summed E-state index contributed by atoms with van der Waals surface area (Å²) in [7, 11) is 0. The van der Waals surface area contributed by atoms with Crippen LogP contribution in [0, 0.1) is 13.8 Å². The van der Waals surface area contributed by atoms with Gasteiger partial charge in [-0.25, -0.2) is 0 Å². The topological polar surface area (TPSA) is 58.6 Å². The lowest BCUT2D eigenvalue weighted by Crippen LogP contribution is -2.50. The Morgan fingerprint density at radius 1 is 0.867 bits per heavy atom. The number of piperazine rings is 1. The van der Waals surface area contributed by atoms with E-state index < -0.39 is 0 Å². The third-order valence-corrected chi connectivity index (χ3v) is 5.43. The Kier molecular flexibility index (Phi) is 5.93. The van der Waals surface area contributed by atoms with Gasteiger partial charge in [0.1, 0.15) is 5.75 Å². The van der Waals surface area contributed by atoms with Crippen LogP contribution in [0.3, 0.4) is 0 Å². The van der Waals surface area contributed by atoms with E-state index in [9.17, 15) is 4.79 Å². The SMILES string of the molecule is Cc1cccc(C)c1OCC(=O)N1CCN(c2ccc(-c3ccccc3)nn2)CC1. The second-order valence-electron chi connectivity index (χ2n) is 7.52. The standard InChI is InChI=1S/C24H26N4O2/c1-18-7-6-8-19(2)24(18)30-17-23(29)28-15-13-27(14-16-28)22-12-11-21(25-26-22)20-9-4-3-5-10-20/h3-12H,13-17H2,1-2H3. The zero-order chi connectivity index (χ0) is 20.9. The molecule has 1 aliphatic heterocycles. The number of carbonyl (C=O) groups is 1. The lowest BCUT2D eigenvalue weighted by molar-refractivity contribution is -0.133. The molecule has 1 aliphatic rings. The largest absolute Gasteiger partial charge is 0.483 e. The highest BCUT2D eigenvalue weighted by atomic mass is 16.5. The average Bonchev–Trinajstić information content (AvgIpc) is 2.79. The van der Waals surface area contributed by atoms with Gasteiger partial charge in [0.05, 0.1) is 5.69 Å². The van der Waals surface area contributed by atoms with Crippen molar-refractivity contribution in [1.29, 1.82) is 0 Å². The van der Waals surface area contributed by atoms with Gasteiger partial charge in [-0.3, -0.25) is 4.79 Å². The molecule has 1 aromatic heterocycles. The molecule has 154 valence electrons. The van der Waals surface area contributed by atoms with Crippen LogP contribution in [0.2, 0.25) is 0 Å². The van der Waals surface area contributed by atoms with Gasteiger partial charge in [0.15, 0.2) is 12.4 Å². The van der Waals surface area contributed by atoms with Crippen molar-refractivity contribution in [3.63, 3.8) is 0 Å². The highest BCUT2D eigenvalue weighted by Crippen LogP contribution is 2.23. The number of carbonyl (C=O) groups excluding carboxylic acids is 1. The van der Waals surface area contributed by atoms with E-state index in [0.29, 0.717) is 13.1 Å². The number of ether oxygens (including phenoxy) is 1. The van der Waals surface area contributed by atoms with Crippen LogP contribution < -0.4 is 9.64 Å². The fraction of sp³-hybridized carbons (Fsp3) is 0.292. The lowest BCUT2D eigenvalue weighted by Gasteiger charge is -2.35. The predicted molar refractivity (Wildman–Crippen MR) is 118 cm³/mol. The Labute approximate surface area is 177 Å². The molecule has 6 heteroatoms. The van der Waals surface area contributed by atoms with E-state index in [4.69, 9.17) is 4.74 Å². The maximum atomic E-state index is 12.6. The van der Waals surface area contributed by atoms with Gasteiger partial charge in [0.25, 0.3) is 5.91 Å². The Morgan fingerprint density at radius 3 is 2.20 bits per heavy atom. The number of hydrogen-bond acceptors (Lipinski definition) is 5. The van der Waals surface area contributed by atoms with Crippen molar-refractivity contribution in [1.82, 2.24) is 15.1 Å². The summed E-state index contributed by atoms with van der Waals surface area (Å²) in [5.41, 5.74) is 4.00. The zero-order valence-corrected chi connectivity index (χ0v) is 17.4. The Morgan fingerprint density at radius 2 is 1.57 bits per heavy atom. The van der Waals surface area contributed by atoms with Gasteiger partial charge in [0, 0.05) is 31.7 Å². The van der Waals surface area contributed by atoms with Crippen LogP contribution in [0.4, 0.5) is 5.82 Å². The van der Waals surface area contributed by atoms with Crippen molar-refractivity contribution in [3.05, 3.63) is 71.8 Å². The summed E-state index contributed by atoms with van der Waals surface area (Å²) in [6, 6.07) is 20.0. The predicted octanol–water partition coefficient (Wildman–Crippen LogP) is 3.49. The normalized spacial score (nSPS) is 13.9. The van der Waals surface area contributed by atoms with Crippen LogP contribution in [0.25, 0.3) is 11.3 Å². The number of anilines is 1. The van der Waals surface area contributed by atoms with Gasteiger partial charge in [-0.05, 0) is 37.1 Å². The zero-order valence-electron chi connectivity index (χ0n) is 17.4. The summed E-state index contributed by atoms with van der Waals surface area (Å²) in [6.45, 7) is 6.82. The number of para-hydroxylation sites is 1. The second kappa shape index (κ2) is 8.95. The number of aryl methyl sites for hydroxylation is 2. The molecule has 0 atom stereocenters. The molecule has 0 radical (unpaired) electrons. The molecule has 0 spiro atoms. The first kappa shape index (κ1) is 19.9. The molecular formula is C24H26N4O2. The van der Waals surface area contributed by atoms with Crippen LogP contribution in [0.5, 0.6) is 5.75 Å². The van der Waals surface area contributed by atoms with E-state index in [1.807, 2.05) is 79.4 Å². The summed E-state index contributed by atoms with van der Waals surface area (Å²) in [4.78, 5) is 16.6. The highest BCUT2D eigenvalue weighted by molar-refractivity contribution is 5.78. The van der Waals surface area contributed by atoms with Crippen molar-refractivity contribution in [3.8, 4) is 17.0 Å². The van der Waals surface area contributed by atoms with Crippen molar-refractivity contribution in [2.75, 3.05) is 37.7 Å². The Hall–Kier alpha value is -3.41. The van der Waals surface area contributed by atoms with Crippen LogP contribution in [-0.2, 0) is 4.79 Å². The second-order valence-corrected chi connectivity index (χ2v) is 7.52. The maximum absolute atomic E-state index is 12.6. The van der Waals surface area contributed by atoms with Crippen molar-refractivity contribution < 1.29 is 9.53 Å². The van der Waals surface area contributed by atoms with Crippen LogP contribution in [-0.4, -0.2) is 53.8 Å². The summed E-state index contributed by atoms with van der Waals surface area (Å²) in [5, 5.41) is 8.76. The molecule has 30 heavy (non-hydrogen) atoms. The smallest absolute Gasteiger partial charge is 0.260 e. The molecule has 6 nitrogen and oxygen atoms in total. The van der Waals surface area contributed by atoms with E-state index in [-0.39, 0.29) is 12.5 Å². The summed E-state index contributed by atoms with van der Waals surface area (Å²) in [5.74, 6) is 1.66. The molecular weight excluding hydrogens is 376 g/mol. The number of aromatic nitrogens is 2. The van der Waals surface area contributed by atoms with E-state index in [1.165, 1.54) is 0 Å². The summed E-state index contributed by atoms with van der Waals surface area (Å²) in [6.07, 6.45) is 0. The van der Waals surface area contributed by atoms with E-state index in [0.717, 1.165) is 47.0 Å². The number of hydrogen-bond donors (Lipinski definition) is 0. The molecule has 1 fully saturated rings. The van der Waals surface area contributed by atoms with E-state index in [1.54, 1.807) is 0 Å².